The first-order valence-corrected chi connectivity index (χ1v) is 6.48. The molecule has 0 saturated carbocycles. The highest BCUT2D eigenvalue weighted by molar-refractivity contribution is 6.52. The van der Waals surface area contributed by atoms with Gasteiger partial charge in [-0.25, -0.2) is 4.39 Å². The number of aromatic hydroxyl groups is 1. The van der Waals surface area contributed by atoms with Gasteiger partial charge in [-0.2, -0.15) is 0 Å². The standard InChI is InChI=1S/C15H9ClFNO3/c16-11-5-10-13(6-12(11)17)18(15(21)14(10)20)7-8-2-1-3-9(19)4-8/h1-6,19H,7H2. The van der Waals surface area contributed by atoms with Crippen LogP contribution in [0.5, 0.6) is 5.75 Å². The van der Waals surface area contributed by atoms with Crippen LogP contribution in [0.25, 0.3) is 0 Å². The summed E-state index contributed by atoms with van der Waals surface area (Å²) < 4.78 is 13.6. The molecule has 0 radical (unpaired) electrons. The zero-order valence-corrected chi connectivity index (χ0v) is 11.4. The van der Waals surface area contributed by atoms with Gasteiger partial charge in [-0.3, -0.25) is 9.59 Å². The molecule has 0 fully saturated rings. The van der Waals surface area contributed by atoms with Crippen LogP contribution >= 0.6 is 11.6 Å². The molecule has 6 heteroatoms. The molecule has 0 unspecified atom stereocenters. The summed E-state index contributed by atoms with van der Waals surface area (Å²) >= 11 is 5.64. The number of benzene rings is 2. The smallest absolute Gasteiger partial charge is 0.299 e. The normalized spacial score (nSPS) is 13.7. The Morgan fingerprint density at radius 1 is 1.19 bits per heavy atom. The lowest BCUT2D eigenvalue weighted by Gasteiger charge is -2.16. The maximum absolute atomic E-state index is 13.6. The van der Waals surface area contributed by atoms with Gasteiger partial charge in [0.2, 0.25) is 0 Å². The van der Waals surface area contributed by atoms with Crippen LogP contribution < -0.4 is 4.90 Å². The van der Waals surface area contributed by atoms with Crippen molar-refractivity contribution in [2.75, 3.05) is 4.90 Å². The van der Waals surface area contributed by atoms with Crippen LogP contribution in [0.3, 0.4) is 0 Å². The minimum absolute atomic E-state index is 0.0491. The molecule has 1 aliphatic rings. The Morgan fingerprint density at radius 3 is 2.67 bits per heavy atom. The van der Waals surface area contributed by atoms with E-state index in [1.54, 1.807) is 12.1 Å². The molecule has 106 valence electrons. The van der Waals surface area contributed by atoms with Crippen LogP contribution in [-0.2, 0) is 11.3 Å². The largest absolute Gasteiger partial charge is 0.508 e. The maximum atomic E-state index is 13.6. The third-order valence-electron chi connectivity index (χ3n) is 3.26. The van der Waals surface area contributed by atoms with Crippen LogP contribution in [0, 0.1) is 5.82 Å². The molecule has 0 aromatic heterocycles. The minimum atomic E-state index is -0.741. The average molecular weight is 306 g/mol. The summed E-state index contributed by atoms with van der Waals surface area (Å²) in [4.78, 5) is 25.1. The highest BCUT2D eigenvalue weighted by Crippen LogP contribution is 2.34. The summed E-state index contributed by atoms with van der Waals surface area (Å²) in [6, 6.07) is 8.52. The number of nitrogens with zero attached hydrogens (tertiary/aromatic N) is 1. The number of halogens is 2. The van der Waals surface area contributed by atoms with E-state index < -0.39 is 17.5 Å². The van der Waals surface area contributed by atoms with Crippen molar-refractivity contribution < 1.29 is 19.1 Å². The highest BCUT2D eigenvalue weighted by Gasteiger charge is 2.36. The van der Waals surface area contributed by atoms with Crippen LogP contribution in [0.1, 0.15) is 15.9 Å². The van der Waals surface area contributed by atoms with E-state index in [1.807, 2.05) is 0 Å². The van der Waals surface area contributed by atoms with Gasteiger partial charge in [-0.15, -0.1) is 0 Å². The Labute approximate surface area is 124 Å². The zero-order valence-electron chi connectivity index (χ0n) is 10.6. The third kappa shape index (κ3) is 2.25. The Balaban J connectivity index is 2.03. The van der Waals surface area contributed by atoms with E-state index in [1.165, 1.54) is 17.0 Å². The molecule has 2 aromatic rings. The summed E-state index contributed by atoms with van der Waals surface area (Å²) in [5, 5.41) is 9.23. The molecule has 1 aliphatic heterocycles. The molecule has 0 bridgehead atoms. The van der Waals surface area contributed by atoms with Gasteiger partial charge in [0.05, 0.1) is 22.8 Å². The first-order valence-electron chi connectivity index (χ1n) is 6.10. The number of Topliss-reactive ketones (excluding diaryl/α,β-unsaturated/α-hetero) is 1. The fourth-order valence-electron chi connectivity index (χ4n) is 2.28. The molecule has 4 nitrogen and oxygen atoms in total. The summed E-state index contributed by atoms with van der Waals surface area (Å²) in [6.07, 6.45) is 0. The van der Waals surface area contributed by atoms with Crippen molar-refractivity contribution in [2.24, 2.45) is 0 Å². The Morgan fingerprint density at radius 2 is 1.95 bits per heavy atom. The van der Waals surface area contributed by atoms with Gasteiger partial charge in [0, 0.05) is 0 Å². The van der Waals surface area contributed by atoms with Gasteiger partial charge in [0.25, 0.3) is 11.7 Å². The van der Waals surface area contributed by atoms with Crippen molar-refractivity contribution in [3.63, 3.8) is 0 Å². The lowest BCUT2D eigenvalue weighted by Crippen LogP contribution is -2.29. The van der Waals surface area contributed by atoms with Gasteiger partial charge in [0.1, 0.15) is 11.6 Å². The quantitative estimate of drug-likeness (QED) is 0.868. The van der Waals surface area contributed by atoms with Crippen molar-refractivity contribution in [1.82, 2.24) is 0 Å². The first-order chi connectivity index (χ1) is 9.97. The molecule has 0 spiro atoms. The zero-order chi connectivity index (χ0) is 15.1. The Kier molecular flexibility index (Phi) is 3.14. The van der Waals surface area contributed by atoms with Gasteiger partial charge < -0.3 is 10.0 Å². The van der Waals surface area contributed by atoms with Crippen LogP contribution in [0.4, 0.5) is 10.1 Å². The Hall–Kier alpha value is -2.40. The molecule has 0 atom stereocenters. The summed E-state index contributed by atoms with van der Waals surface area (Å²) in [6.45, 7) is 0.0625. The van der Waals surface area contributed by atoms with E-state index in [4.69, 9.17) is 11.6 Å². The number of phenolic OH excluding ortho intramolecular Hbond substituents is 1. The lowest BCUT2D eigenvalue weighted by atomic mass is 10.1. The molecule has 21 heavy (non-hydrogen) atoms. The maximum Gasteiger partial charge on any atom is 0.299 e. The van der Waals surface area contributed by atoms with Gasteiger partial charge in [-0.1, -0.05) is 23.7 Å². The van der Waals surface area contributed by atoms with Gasteiger partial charge >= 0.3 is 0 Å². The molecule has 1 amide bonds. The number of hydrogen-bond acceptors (Lipinski definition) is 3. The molecule has 2 aromatic carbocycles. The van der Waals surface area contributed by atoms with Crippen molar-refractivity contribution in [3.05, 3.63) is 58.4 Å². The van der Waals surface area contributed by atoms with E-state index in [9.17, 15) is 19.1 Å². The number of phenols is 1. The second-order valence-corrected chi connectivity index (χ2v) is 5.08. The number of anilines is 1. The number of rotatable bonds is 2. The number of carbonyl (C=O) groups excluding carboxylic acids is 2. The average Bonchev–Trinajstić information content (AvgIpc) is 2.65. The molecular formula is C15H9ClFNO3. The molecule has 0 aliphatic carbocycles. The fourth-order valence-corrected chi connectivity index (χ4v) is 2.45. The van der Waals surface area contributed by atoms with Gasteiger partial charge in [0.15, 0.2) is 0 Å². The predicted molar refractivity (Wildman–Crippen MR) is 75.0 cm³/mol. The molecular weight excluding hydrogens is 297 g/mol. The summed E-state index contributed by atoms with van der Waals surface area (Å²) in [5.74, 6) is -2.10. The predicted octanol–water partition coefficient (Wildman–Crippen LogP) is 2.91. The second-order valence-electron chi connectivity index (χ2n) is 4.67. The number of fused-ring (bicyclic) bond motifs is 1. The number of amides is 1. The monoisotopic (exact) mass is 305 g/mol. The highest BCUT2D eigenvalue weighted by atomic mass is 35.5. The number of hydrogen-bond donors (Lipinski definition) is 1. The van der Waals surface area contributed by atoms with Crippen molar-refractivity contribution in [2.45, 2.75) is 6.54 Å². The summed E-state index contributed by atoms with van der Waals surface area (Å²) in [7, 11) is 0. The molecule has 1 N–H and O–H groups in total. The van der Waals surface area contributed by atoms with Crippen molar-refractivity contribution >= 4 is 29.0 Å². The second kappa shape index (κ2) is 4.86. The van der Waals surface area contributed by atoms with E-state index in [2.05, 4.69) is 0 Å². The minimum Gasteiger partial charge on any atom is -0.508 e. The van der Waals surface area contributed by atoms with E-state index in [0.29, 0.717) is 5.56 Å². The van der Waals surface area contributed by atoms with Crippen LogP contribution in [0.2, 0.25) is 5.02 Å². The van der Waals surface area contributed by atoms with Crippen molar-refractivity contribution in [3.8, 4) is 5.75 Å². The number of carbonyl (C=O) groups is 2. The molecule has 1 heterocycles. The SMILES string of the molecule is O=C1C(=O)N(Cc2cccc(O)c2)c2cc(F)c(Cl)cc21. The fraction of sp³-hybridized carbons (Fsp3) is 0.0667. The number of ketones is 1. The van der Waals surface area contributed by atoms with Gasteiger partial charge in [-0.05, 0) is 29.8 Å². The Bertz CT molecular complexity index is 776. The molecule has 3 rings (SSSR count). The lowest BCUT2D eigenvalue weighted by molar-refractivity contribution is -0.114. The van der Waals surface area contributed by atoms with Crippen LogP contribution in [-0.4, -0.2) is 16.8 Å². The summed E-state index contributed by atoms with van der Waals surface area (Å²) in [5.41, 5.74) is 0.904. The van der Waals surface area contributed by atoms with E-state index in [-0.39, 0.29) is 28.6 Å². The van der Waals surface area contributed by atoms with E-state index >= 15 is 0 Å². The molecule has 0 saturated heterocycles. The third-order valence-corrected chi connectivity index (χ3v) is 3.55. The van der Waals surface area contributed by atoms with Crippen LogP contribution in [0.15, 0.2) is 36.4 Å². The topological polar surface area (TPSA) is 57.6 Å². The first kappa shape index (κ1) is 13.6. The van der Waals surface area contributed by atoms with Crippen molar-refractivity contribution in [1.29, 1.82) is 0 Å². The van der Waals surface area contributed by atoms with E-state index in [0.717, 1.165) is 12.1 Å².